The van der Waals surface area contributed by atoms with Crippen molar-refractivity contribution in [2.24, 2.45) is 5.92 Å². The predicted octanol–water partition coefficient (Wildman–Crippen LogP) is 3.88. The molecule has 3 rings (SSSR count). The normalized spacial score (nSPS) is 16.4. The first-order chi connectivity index (χ1) is 15.8. The number of nitrogens with zero attached hydrogens (tertiary/aromatic N) is 2. The molecule has 0 atom stereocenters. The van der Waals surface area contributed by atoms with Crippen LogP contribution >= 0.6 is 0 Å². The van der Waals surface area contributed by atoms with Gasteiger partial charge in [-0.05, 0) is 55.0 Å². The van der Waals surface area contributed by atoms with E-state index in [1.807, 2.05) is 20.8 Å². The third kappa shape index (κ3) is 5.97. The lowest BCUT2D eigenvalue weighted by Crippen LogP contribution is -2.41. The van der Waals surface area contributed by atoms with Crippen molar-refractivity contribution in [3.05, 3.63) is 47.8 Å². The molecule has 1 heterocycles. The van der Waals surface area contributed by atoms with Crippen LogP contribution in [0.3, 0.4) is 0 Å². The highest BCUT2D eigenvalue weighted by Gasteiger charge is 2.33. The molecular weight excluding hydrogens is 479 g/mol. The van der Waals surface area contributed by atoms with Crippen molar-refractivity contribution in [3.63, 3.8) is 0 Å². The maximum Gasteiger partial charge on any atom is 0.247 e. The van der Waals surface area contributed by atoms with Gasteiger partial charge in [0.1, 0.15) is 22.6 Å². The second-order valence-corrected chi connectivity index (χ2v) is 13.2. The summed E-state index contributed by atoms with van der Waals surface area (Å²) >= 11 is 0. The van der Waals surface area contributed by atoms with Crippen molar-refractivity contribution in [1.82, 2.24) is 8.61 Å². The third-order valence-corrected chi connectivity index (χ3v) is 9.11. The van der Waals surface area contributed by atoms with Gasteiger partial charge >= 0.3 is 0 Å². The number of ether oxygens (including phenoxy) is 1. The van der Waals surface area contributed by atoms with Crippen molar-refractivity contribution < 1.29 is 26.0 Å². The zero-order chi connectivity index (χ0) is 25.3. The van der Waals surface area contributed by atoms with Crippen molar-refractivity contribution in [3.8, 4) is 16.9 Å². The van der Waals surface area contributed by atoms with Crippen LogP contribution in [0, 0.1) is 18.7 Å². The molecule has 2 aromatic rings. The number of hydrogen-bond acceptors (Lipinski definition) is 5. The van der Waals surface area contributed by atoms with Gasteiger partial charge in [-0.15, -0.1) is 0 Å². The molecular formula is C24H33FN2O5S2. The summed E-state index contributed by atoms with van der Waals surface area (Å²) in [7, 11) is -5.69. The van der Waals surface area contributed by atoms with Crippen LogP contribution in [0.1, 0.15) is 32.3 Å². The summed E-state index contributed by atoms with van der Waals surface area (Å²) in [4.78, 5) is 0.0489. The average molecular weight is 513 g/mol. The minimum Gasteiger partial charge on any atom is -0.489 e. The van der Waals surface area contributed by atoms with Gasteiger partial charge in [0.05, 0.1) is 6.26 Å². The van der Waals surface area contributed by atoms with Crippen LogP contribution in [0.2, 0.25) is 0 Å². The molecule has 34 heavy (non-hydrogen) atoms. The fourth-order valence-electron chi connectivity index (χ4n) is 4.22. The third-order valence-electron chi connectivity index (χ3n) is 5.92. The van der Waals surface area contributed by atoms with Crippen molar-refractivity contribution in [2.45, 2.75) is 44.6 Å². The highest BCUT2D eigenvalue weighted by molar-refractivity contribution is 7.89. The molecule has 0 aromatic heterocycles. The first-order valence-electron chi connectivity index (χ1n) is 11.3. The second kappa shape index (κ2) is 10.3. The fourth-order valence-corrected chi connectivity index (χ4v) is 6.80. The summed E-state index contributed by atoms with van der Waals surface area (Å²) in [5, 5.41) is 0. The van der Waals surface area contributed by atoms with E-state index in [0.717, 1.165) is 5.56 Å². The molecule has 7 nitrogen and oxygen atoms in total. The lowest BCUT2D eigenvalue weighted by molar-refractivity contribution is 0.132. The first-order valence-corrected chi connectivity index (χ1v) is 14.6. The van der Waals surface area contributed by atoms with Gasteiger partial charge in [-0.3, -0.25) is 0 Å². The summed E-state index contributed by atoms with van der Waals surface area (Å²) < 4.78 is 73.9. The molecule has 0 radical (unpaired) electrons. The topological polar surface area (TPSA) is 84.0 Å². The minimum atomic E-state index is -3.95. The molecule has 1 fully saturated rings. The lowest BCUT2D eigenvalue weighted by Gasteiger charge is -2.31. The molecule has 1 aliphatic rings. The predicted molar refractivity (Wildman–Crippen MR) is 131 cm³/mol. The summed E-state index contributed by atoms with van der Waals surface area (Å²) in [5.41, 5.74) is 1.77. The fraction of sp³-hybridized carbons (Fsp3) is 0.500. The Kier molecular flexibility index (Phi) is 8.07. The molecule has 10 heteroatoms. The maximum absolute atomic E-state index is 13.8. The first kappa shape index (κ1) is 26.6. The van der Waals surface area contributed by atoms with E-state index in [4.69, 9.17) is 4.74 Å². The van der Waals surface area contributed by atoms with E-state index in [0.29, 0.717) is 43.6 Å². The van der Waals surface area contributed by atoms with Crippen molar-refractivity contribution >= 4 is 20.0 Å². The molecule has 2 aromatic carbocycles. The van der Waals surface area contributed by atoms with Crippen molar-refractivity contribution in [2.75, 3.05) is 32.9 Å². The summed E-state index contributed by atoms with van der Waals surface area (Å²) in [6.45, 7) is 6.65. The highest BCUT2D eigenvalue weighted by Crippen LogP contribution is 2.40. The number of rotatable bonds is 8. The van der Waals surface area contributed by atoms with Gasteiger partial charge in [0.25, 0.3) is 0 Å². The van der Waals surface area contributed by atoms with Crippen LogP contribution in [-0.4, -0.2) is 64.5 Å². The zero-order valence-electron chi connectivity index (χ0n) is 20.3. The number of hydrogen-bond donors (Lipinski definition) is 0. The summed E-state index contributed by atoms with van der Waals surface area (Å²) in [6, 6.07) is 9.18. The van der Waals surface area contributed by atoms with E-state index < -0.39 is 25.9 Å². The highest BCUT2D eigenvalue weighted by atomic mass is 32.2. The van der Waals surface area contributed by atoms with Crippen LogP contribution in [0.5, 0.6) is 5.75 Å². The largest absolute Gasteiger partial charge is 0.489 e. The SMILES string of the molecule is Cc1ccc(OC2CCN(S(C)(=O)=O)CC2)c(S(=O)(=O)N(C)CC(C)C)c1-c1ccc(F)cc1. The van der Waals surface area contributed by atoms with E-state index >= 15 is 0 Å². The van der Waals surface area contributed by atoms with Crippen molar-refractivity contribution in [1.29, 1.82) is 0 Å². The van der Waals surface area contributed by atoms with Crippen LogP contribution in [-0.2, 0) is 20.0 Å². The van der Waals surface area contributed by atoms with E-state index in [9.17, 15) is 21.2 Å². The number of aryl methyl sites for hydroxylation is 1. The Labute approximate surface area is 202 Å². The second-order valence-electron chi connectivity index (χ2n) is 9.25. The Hall–Kier alpha value is -2.01. The lowest BCUT2D eigenvalue weighted by atomic mass is 10.00. The molecule has 0 bridgehead atoms. The molecule has 1 saturated heterocycles. The molecule has 188 valence electrons. The van der Waals surface area contributed by atoms with E-state index in [1.54, 1.807) is 31.3 Å². The standard InChI is InChI=1S/C24H33FN2O5S2/c1-17(2)16-26(4)34(30,31)24-22(32-21-12-14-27(15-13-21)33(5,28)29)11-6-18(3)23(24)19-7-9-20(25)10-8-19/h6-11,17,21H,12-16H2,1-5H3. The average Bonchev–Trinajstić information content (AvgIpc) is 2.74. The van der Waals surface area contributed by atoms with E-state index in [-0.39, 0.29) is 22.7 Å². The Morgan fingerprint density at radius 2 is 1.65 bits per heavy atom. The number of sulfonamides is 2. The Morgan fingerprint density at radius 1 is 1.06 bits per heavy atom. The molecule has 1 aliphatic heterocycles. The van der Waals surface area contributed by atoms with Crippen LogP contribution in [0.4, 0.5) is 4.39 Å². The smallest absolute Gasteiger partial charge is 0.247 e. The number of halogens is 1. The Balaban J connectivity index is 2.08. The van der Waals surface area contributed by atoms with Crippen LogP contribution in [0.15, 0.2) is 41.3 Å². The number of piperidine rings is 1. The monoisotopic (exact) mass is 512 g/mol. The zero-order valence-corrected chi connectivity index (χ0v) is 21.9. The van der Waals surface area contributed by atoms with Gasteiger partial charge in [0, 0.05) is 32.2 Å². The molecule has 0 spiro atoms. The molecule has 0 unspecified atom stereocenters. The Bertz CT molecular complexity index is 1220. The van der Waals surface area contributed by atoms with Crippen LogP contribution < -0.4 is 4.74 Å². The maximum atomic E-state index is 13.8. The minimum absolute atomic E-state index is 0.0489. The van der Waals surface area contributed by atoms with Gasteiger partial charge in [-0.1, -0.05) is 32.0 Å². The molecule has 0 amide bonds. The quantitative estimate of drug-likeness (QED) is 0.536. The molecule has 0 saturated carbocycles. The van der Waals surface area contributed by atoms with Gasteiger partial charge < -0.3 is 4.74 Å². The Morgan fingerprint density at radius 3 is 2.18 bits per heavy atom. The van der Waals surface area contributed by atoms with Gasteiger partial charge in [0.15, 0.2) is 0 Å². The summed E-state index contributed by atoms with van der Waals surface area (Å²) in [5.74, 6) is -0.0744. The molecule has 0 aliphatic carbocycles. The van der Waals surface area contributed by atoms with Gasteiger partial charge in [0.2, 0.25) is 20.0 Å². The van der Waals surface area contributed by atoms with Gasteiger partial charge in [-0.2, -0.15) is 0 Å². The molecule has 0 N–H and O–H groups in total. The summed E-state index contributed by atoms with van der Waals surface area (Å²) in [6.07, 6.45) is 1.76. The number of benzene rings is 2. The van der Waals surface area contributed by atoms with E-state index in [2.05, 4.69) is 0 Å². The van der Waals surface area contributed by atoms with Gasteiger partial charge in [-0.25, -0.2) is 29.8 Å². The van der Waals surface area contributed by atoms with E-state index in [1.165, 1.54) is 27.0 Å². The van der Waals surface area contributed by atoms with Crippen LogP contribution in [0.25, 0.3) is 11.1 Å².